The first-order valence-corrected chi connectivity index (χ1v) is 13.0. The van der Waals surface area contributed by atoms with Crippen LogP contribution in [-0.2, 0) is 20.2 Å². The number of hydrogen-bond acceptors (Lipinski definition) is 4. The Balaban J connectivity index is 1.78. The molecule has 1 spiro atoms. The maximum atomic E-state index is 13.8. The van der Waals surface area contributed by atoms with Crippen LogP contribution in [0.2, 0.25) is 0 Å². The van der Waals surface area contributed by atoms with Gasteiger partial charge >= 0.3 is 0 Å². The highest BCUT2D eigenvalue weighted by atomic mass is 79.9. The molecule has 8 heteroatoms. The Kier molecular flexibility index (Phi) is 4.38. The van der Waals surface area contributed by atoms with Crippen molar-refractivity contribution >= 4 is 48.6 Å². The SMILES string of the molecule is CN1C(=O)C2(CCC2)c2c1cnc1c2c(-c2ccccc2)c(Br)n1S(=O)(=O)c1ccccc1. The largest absolute Gasteiger partial charge is 0.313 e. The quantitative estimate of drug-likeness (QED) is 0.375. The van der Waals surface area contributed by atoms with Crippen molar-refractivity contribution in [3.63, 3.8) is 0 Å². The standard InChI is InChI=1S/C25H20BrN3O3S/c1-28-18-15-27-23-20(21(18)25(24(28)30)13-8-14-25)19(16-9-4-2-5-10-16)22(26)29(23)33(31,32)17-11-6-3-7-12-17/h2-7,9-12,15H,8,13-14H2,1H3. The van der Waals surface area contributed by atoms with E-state index in [4.69, 9.17) is 0 Å². The number of nitrogens with zero attached hydrogens (tertiary/aromatic N) is 3. The summed E-state index contributed by atoms with van der Waals surface area (Å²) in [6, 6.07) is 18.0. The Morgan fingerprint density at radius 3 is 2.24 bits per heavy atom. The van der Waals surface area contributed by atoms with Gasteiger partial charge in [-0.05, 0) is 46.5 Å². The average molecular weight is 522 g/mol. The monoisotopic (exact) mass is 521 g/mol. The smallest absolute Gasteiger partial charge is 0.270 e. The van der Waals surface area contributed by atoms with Crippen molar-refractivity contribution in [2.24, 2.45) is 0 Å². The lowest BCUT2D eigenvalue weighted by atomic mass is 9.64. The van der Waals surface area contributed by atoms with E-state index in [0.717, 1.165) is 47.0 Å². The summed E-state index contributed by atoms with van der Waals surface area (Å²) in [5, 5.41) is 0.725. The van der Waals surface area contributed by atoms with Crippen LogP contribution in [0, 0.1) is 0 Å². The third-order valence-electron chi connectivity index (χ3n) is 6.97. The predicted molar refractivity (Wildman–Crippen MR) is 131 cm³/mol. The summed E-state index contributed by atoms with van der Waals surface area (Å²) in [6.07, 6.45) is 4.12. The third kappa shape index (κ3) is 2.62. The second-order valence-electron chi connectivity index (χ2n) is 8.63. The van der Waals surface area contributed by atoms with Crippen molar-refractivity contribution in [3.05, 3.63) is 77.0 Å². The second-order valence-corrected chi connectivity index (χ2v) is 11.2. The molecule has 2 aliphatic rings. The molecule has 0 radical (unpaired) electrons. The van der Waals surface area contributed by atoms with Crippen LogP contribution in [0.4, 0.5) is 5.69 Å². The highest BCUT2D eigenvalue weighted by molar-refractivity contribution is 9.10. The molecular formula is C25H20BrN3O3S. The molecule has 1 aliphatic heterocycles. The van der Waals surface area contributed by atoms with Gasteiger partial charge in [0.2, 0.25) is 5.91 Å². The van der Waals surface area contributed by atoms with E-state index in [-0.39, 0.29) is 10.8 Å². The molecule has 0 atom stereocenters. The minimum atomic E-state index is -3.95. The number of halogens is 1. The second kappa shape index (κ2) is 7.01. The highest BCUT2D eigenvalue weighted by Gasteiger charge is 2.55. The molecule has 2 aromatic carbocycles. The Labute approximate surface area is 200 Å². The number of likely N-dealkylation sites (N-methyl/N-ethyl adjacent to an activating group) is 1. The van der Waals surface area contributed by atoms with Gasteiger partial charge in [-0.25, -0.2) is 17.4 Å². The van der Waals surface area contributed by atoms with E-state index >= 15 is 0 Å². The Bertz CT molecular complexity index is 1540. The number of pyridine rings is 1. The van der Waals surface area contributed by atoms with Gasteiger partial charge in [0.25, 0.3) is 10.0 Å². The maximum absolute atomic E-state index is 13.8. The van der Waals surface area contributed by atoms with Gasteiger partial charge in [-0.3, -0.25) is 4.79 Å². The molecule has 0 N–H and O–H groups in total. The van der Waals surface area contributed by atoms with Crippen LogP contribution < -0.4 is 4.90 Å². The zero-order valence-electron chi connectivity index (χ0n) is 17.8. The molecule has 0 unspecified atom stereocenters. The fourth-order valence-corrected chi connectivity index (χ4v) is 7.78. The molecule has 1 fully saturated rings. The number of carbonyl (C=O) groups excluding carboxylic acids is 1. The summed E-state index contributed by atoms with van der Waals surface area (Å²) in [6.45, 7) is 0. The number of amides is 1. The number of aromatic nitrogens is 2. The summed E-state index contributed by atoms with van der Waals surface area (Å²) in [5.41, 5.74) is 2.97. The zero-order valence-corrected chi connectivity index (χ0v) is 20.2. The number of fused-ring (bicyclic) bond motifs is 4. The molecule has 0 bridgehead atoms. The summed E-state index contributed by atoms with van der Waals surface area (Å²) >= 11 is 3.63. The summed E-state index contributed by atoms with van der Waals surface area (Å²) in [4.78, 5) is 19.8. The minimum Gasteiger partial charge on any atom is -0.313 e. The first-order chi connectivity index (χ1) is 15.9. The normalized spacial score (nSPS) is 16.9. The van der Waals surface area contributed by atoms with E-state index in [2.05, 4.69) is 20.9 Å². The van der Waals surface area contributed by atoms with E-state index in [0.29, 0.717) is 10.3 Å². The number of benzene rings is 2. The van der Waals surface area contributed by atoms with Crippen molar-refractivity contribution in [2.45, 2.75) is 29.6 Å². The number of rotatable bonds is 3. The van der Waals surface area contributed by atoms with Crippen molar-refractivity contribution in [2.75, 3.05) is 11.9 Å². The van der Waals surface area contributed by atoms with Crippen molar-refractivity contribution in [3.8, 4) is 11.1 Å². The minimum absolute atomic E-state index is 0.0619. The lowest BCUT2D eigenvalue weighted by Gasteiger charge is -2.37. The first-order valence-electron chi connectivity index (χ1n) is 10.8. The van der Waals surface area contributed by atoms with E-state index in [9.17, 15) is 13.2 Å². The first kappa shape index (κ1) is 20.6. The van der Waals surface area contributed by atoms with Gasteiger partial charge in [0.1, 0.15) is 4.60 Å². The van der Waals surface area contributed by atoms with Crippen molar-refractivity contribution < 1.29 is 13.2 Å². The molecule has 6 nitrogen and oxygen atoms in total. The molecule has 2 aromatic heterocycles. The van der Waals surface area contributed by atoms with Gasteiger partial charge in [0.15, 0.2) is 5.65 Å². The molecule has 3 heterocycles. The number of hydrogen-bond donors (Lipinski definition) is 0. The third-order valence-corrected chi connectivity index (χ3v) is 9.66. The van der Waals surface area contributed by atoms with Crippen LogP contribution in [0.3, 0.4) is 0 Å². The maximum Gasteiger partial charge on any atom is 0.270 e. The van der Waals surface area contributed by atoms with Crippen molar-refractivity contribution in [1.29, 1.82) is 0 Å². The molecule has 166 valence electrons. The molecule has 1 aliphatic carbocycles. The van der Waals surface area contributed by atoms with Crippen LogP contribution in [0.1, 0.15) is 24.8 Å². The summed E-state index contributed by atoms with van der Waals surface area (Å²) < 4.78 is 29.3. The Morgan fingerprint density at radius 1 is 1.00 bits per heavy atom. The van der Waals surface area contributed by atoms with Crippen LogP contribution in [0.15, 0.2) is 76.4 Å². The summed E-state index contributed by atoms with van der Waals surface area (Å²) in [5.74, 6) is 0.0619. The van der Waals surface area contributed by atoms with Crippen molar-refractivity contribution in [1.82, 2.24) is 8.96 Å². The molecule has 33 heavy (non-hydrogen) atoms. The number of carbonyl (C=O) groups is 1. The van der Waals surface area contributed by atoms with E-state index in [1.807, 2.05) is 30.3 Å². The van der Waals surface area contributed by atoms with Gasteiger partial charge in [-0.15, -0.1) is 0 Å². The van der Waals surface area contributed by atoms with E-state index in [1.165, 1.54) is 3.97 Å². The van der Waals surface area contributed by atoms with Crippen LogP contribution in [0.5, 0.6) is 0 Å². The lowest BCUT2D eigenvalue weighted by molar-refractivity contribution is -0.125. The van der Waals surface area contributed by atoms with Gasteiger partial charge < -0.3 is 4.90 Å². The number of anilines is 1. The van der Waals surface area contributed by atoms with Crippen LogP contribution in [-0.4, -0.2) is 30.3 Å². The van der Waals surface area contributed by atoms with Gasteiger partial charge in [0.05, 0.1) is 22.2 Å². The summed E-state index contributed by atoms with van der Waals surface area (Å²) in [7, 11) is -2.17. The van der Waals surface area contributed by atoms with Gasteiger partial charge in [-0.1, -0.05) is 55.0 Å². The molecule has 0 saturated heterocycles. The van der Waals surface area contributed by atoms with Gasteiger partial charge in [-0.2, -0.15) is 0 Å². The predicted octanol–water partition coefficient (Wildman–Crippen LogP) is 5.10. The van der Waals surface area contributed by atoms with Crippen LogP contribution >= 0.6 is 15.9 Å². The highest BCUT2D eigenvalue weighted by Crippen LogP contribution is 2.57. The molecule has 6 rings (SSSR count). The molecule has 4 aromatic rings. The fourth-order valence-electron chi connectivity index (χ4n) is 5.24. The average Bonchev–Trinajstić information content (AvgIpc) is 3.23. The fraction of sp³-hybridized carbons (Fsp3) is 0.200. The topological polar surface area (TPSA) is 72.3 Å². The Hall–Kier alpha value is -2.97. The van der Waals surface area contributed by atoms with E-state index < -0.39 is 15.4 Å². The molecule has 1 amide bonds. The molecule has 1 saturated carbocycles. The van der Waals surface area contributed by atoms with E-state index in [1.54, 1.807) is 48.5 Å². The lowest BCUT2D eigenvalue weighted by Crippen LogP contribution is -2.43. The Morgan fingerprint density at radius 2 is 1.64 bits per heavy atom. The van der Waals surface area contributed by atoms with Crippen LogP contribution in [0.25, 0.3) is 22.2 Å². The zero-order chi connectivity index (χ0) is 23.0. The van der Waals surface area contributed by atoms with Gasteiger partial charge in [0, 0.05) is 23.6 Å². The molecular weight excluding hydrogens is 502 g/mol.